The highest BCUT2D eigenvalue weighted by molar-refractivity contribution is 5.84. The molecule has 0 spiro atoms. The maximum Gasteiger partial charge on any atom is 0.241 e. The first-order chi connectivity index (χ1) is 9.96. The molecule has 6 heteroatoms. The standard InChI is InChI=1S/C15H31N3O3/c1-5-13(8-9-16)6-7-14(19)18(10-11-21-4)12-15(20)17(2)3/h13H,5-12,16H2,1-4H3. The Morgan fingerprint density at radius 1 is 1.19 bits per heavy atom. The Balaban J connectivity index is 4.45. The number of nitrogens with zero attached hydrogens (tertiary/aromatic N) is 2. The van der Waals surface area contributed by atoms with Crippen LogP contribution < -0.4 is 5.73 Å². The minimum absolute atomic E-state index is 0.0118. The molecule has 0 heterocycles. The zero-order chi connectivity index (χ0) is 16.3. The number of nitrogens with two attached hydrogens (primary N) is 1. The van der Waals surface area contributed by atoms with Crippen molar-refractivity contribution in [3.05, 3.63) is 0 Å². The van der Waals surface area contributed by atoms with Crippen molar-refractivity contribution in [1.82, 2.24) is 9.80 Å². The van der Waals surface area contributed by atoms with E-state index in [1.165, 1.54) is 4.90 Å². The molecule has 0 aliphatic carbocycles. The number of methoxy groups -OCH3 is 1. The van der Waals surface area contributed by atoms with Gasteiger partial charge in [0.1, 0.15) is 0 Å². The van der Waals surface area contributed by atoms with Crippen LogP contribution in [0.5, 0.6) is 0 Å². The molecule has 0 fully saturated rings. The topological polar surface area (TPSA) is 75.9 Å². The quantitative estimate of drug-likeness (QED) is 0.609. The predicted octanol–water partition coefficient (Wildman–Crippen LogP) is 0.705. The predicted molar refractivity (Wildman–Crippen MR) is 83.8 cm³/mol. The number of ether oxygens (including phenoxy) is 1. The highest BCUT2D eigenvalue weighted by Gasteiger charge is 2.19. The van der Waals surface area contributed by atoms with E-state index >= 15 is 0 Å². The first-order valence-corrected chi connectivity index (χ1v) is 7.63. The number of carbonyl (C=O) groups excluding carboxylic acids is 2. The van der Waals surface area contributed by atoms with Gasteiger partial charge < -0.3 is 20.3 Å². The Labute approximate surface area is 128 Å². The second-order valence-electron chi connectivity index (χ2n) is 5.49. The summed E-state index contributed by atoms with van der Waals surface area (Å²) >= 11 is 0. The molecule has 6 nitrogen and oxygen atoms in total. The molecule has 1 unspecified atom stereocenters. The first kappa shape index (κ1) is 19.9. The molecule has 0 aliphatic heterocycles. The average molecular weight is 301 g/mol. The number of likely N-dealkylation sites (N-methyl/N-ethyl adjacent to an activating group) is 1. The summed E-state index contributed by atoms with van der Waals surface area (Å²) in [6, 6.07) is 0. The van der Waals surface area contributed by atoms with Gasteiger partial charge in [-0.25, -0.2) is 0 Å². The number of rotatable bonds is 11. The van der Waals surface area contributed by atoms with Gasteiger partial charge in [0.2, 0.25) is 11.8 Å². The van der Waals surface area contributed by atoms with Crippen molar-refractivity contribution in [3.8, 4) is 0 Å². The molecule has 0 saturated carbocycles. The van der Waals surface area contributed by atoms with Gasteiger partial charge in [0.15, 0.2) is 0 Å². The van der Waals surface area contributed by atoms with Crippen LogP contribution >= 0.6 is 0 Å². The van der Waals surface area contributed by atoms with Crippen molar-refractivity contribution < 1.29 is 14.3 Å². The molecule has 0 aliphatic rings. The fraction of sp³-hybridized carbons (Fsp3) is 0.867. The Hall–Kier alpha value is -1.14. The SMILES string of the molecule is CCC(CCN)CCC(=O)N(CCOC)CC(=O)N(C)C. The first-order valence-electron chi connectivity index (χ1n) is 7.63. The number of amides is 2. The summed E-state index contributed by atoms with van der Waals surface area (Å²) in [5.41, 5.74) is 5.57. The van der Waals surface area contributed by atoms with E-state index in [1.807, 2.05) is 0 Å². The zero-order valence-electron chi connectivity index (χ0n) is 13.9. The molecule has 0 rings (SSSR count). The molecule has 0 aromatic rings. The van der Waals surface area contributed by atoms with E-state index in [0.29, 0.717) is 32.0 Å². The molecule has 0 saturated heterocycles. The second kappa shape index (κ2) is 11.5. The lowest BCUT2D eigenvalue weighted by molar-refractivity contribution is -0.139. The lowest BCUT2D eigenvalue weighted by Gasteiger charge is -2.24. The summed E-state index contributed by atoms with van der Waals surface area (Å²) in [5.74, 6) is 0.416. The third-order valence-corrected chi connectivity index (χ3v) is 3.66. The fourth-order valence-corrected chi connectivity index (χ4v) is 2.07. The summed E-state index contributed by atoms with van der Waals surface area (Å²) in [6.45, 7) is 3.76. The Kier molecular flexibility index (Phi) is 10.9. The van der Waals surface area contributed by atoms with Crippen molar-refractivity contribution in [3.63, 3.8) is 0 Å². The van der Waals surface area contributed by atoms with Gasteiger partial charge in [-0.15, -0.1) is 0 Å². The van der Waals surface area contributed by atoms with Crippen LogP contribution in [0, 0.1) is 5.92 Å². The van der Waals surface area contributed by atoms with Crippen molar-refractivity contribution >= 4 is 11.8 Å². The van der Waals surface area contributed by atoms with E-state index in [-0.39, 0.29) is 18.4 Å². The summed E-state index contributed by atoms with van der Waals surface area (Å²) in [5, 5.41) is 0. The molecule has 2 amide bonds. The zero-order valence-corrected chi connectivity index (χ0v) is 13.9. The Morgan fingerprint density at radius 3 is 2.33 bits per heavy atom. The van der Waals surface area contributed by atoms with Gasteiger partial charge in [-0.1, -0.05) is 13.3 Å². The highest BCUT2D eigenvalue weighted by atomic mass is 16.5. The fourth-order valence-electron chi connectivity index (χ4n) is 2.07. The molecule has 1 atom stereocenters. The normalized spacial score (nSPS) is 12.0. The smallest absolute Gasteiger partial charge is 0.241 e. The second-order valence-corrected chi connectivity index (χ2v) is 5.49. The average Bonchev–Trinajstić information content (AvgIpc) is 2.46. The van der Waals surface area contributed by atoms with Crippen molar-refractivity contribution in [2.45, 2.75) is 32.6 Å². The van der Waals surface area contributed by atoms with Crippen molar-refractivity contribution in [2.75, 3.05) is 47.4 Å². The van der Waals surface area contributed by atoms with Crippen LogP contribution in [0.3, 0.4) is 0 Å². The lowest BCUT2D eigenvalue weighted by Crippen LogP contribution is -2.42. The number of hydrogen-bond donors (Lipinski definition) is 1. The lowest BCUT2D eigenvalue weighted by atomic mass is 9.96. The van der Waals surface area contributed by atoms with E-state index in [2.05, 4.69) is 6.92 Å². The van der Waals surface area contributed by atoms with Crippen LogP contribution in [0.1, 0.15) is 32.6 Å². The molecule has 21 heavy (non-hydrogen) atoms. The number of hydrogen-bond acceptors (Lipinski definition) is 4. The molecule has 0 bridgehead atoms. The van der Waals surface area contributed by atoms with Gasteiger partial charge in [0.25, 0.3) is 0 Å². The summed E-state index contributed by atoms with van der Waals surface area (Å²) in [4.78, 5) is 27.2. The van der Waals surface area contributed by atoms with Crippen LogP contribution in [0.4, 0.5) is 0 Å². The summed E-state index contributed by atoms with van der Waals surface area (Å²) in [6.07, 6.45) is 3.26. The van der Waals surface area contributed by atoms with Gasteiger partial charge in [0, 0.05) is 34.2 Å². The monoisotopic (exact) mass is 301 g/mol. The van der Waals surface area contributed by atoms with Gasteiger partial charge >= 0.3 is 0 Å². The minimum atomic E-state index is -0.0755. The van der Waals surface area contributed by atoms with E-state index in [4.69, 9.17) is 10.5 Å². The summed E-state index contributed by atoms with van der Waals surface area (Å²) in [7, 11) is 4.97. The minimum Gasteiger partial charge on any atom is -0.383 e. The maximum atomic E-state index is 12.3. The van der Waals surface area contributed by atoms with Crippen molar-refractivity contribution in [1.29, 1.82) is 0 Å². The van der Waals surface area contributed by atoms with Gasteiger partial charge in [0.05, 0.1) is 13.2 Å². The van der Waals surface area contributed by atoms with E-state index < -0.39 is 0 Å². The molecular weight excluding hydrogens is 270 g/mol. The molecule has 124 valence electrons. The van der Waals surface area contributed by atoms with Crippen molar-refractivity contribution in [2.24, 2.45) is 11.7 Å². The Morgan fingerprint density at radius 2 is 1.86 bits per heavy atom. The Bertz CT molecular complexity index is 309. The molecule has 0 aromatic heterocycles. The van der Waals surface area contributed by atoms with Crippen LogP contribution in [0.2, 0.25) is 0 Å². The van der Waals surface area contributed by atoms with Crippen LogP contribution in [0.25, 0.3) is 0 Å². The van der Waals surface area contributed by atoms with Gasteiger partial charge in [-0.05, 0) is 25.3 Å². The van der Waals surface area contributed by atoms with E-state index in [0.717, 1.165) is 19.3 Å². The van der Waals surface area contributed by atoms with E-state index in [9.17, 15) is 9.59 Å². The molecule has 0 radical (unpaired) electrons. The van der Waals surface area contributed by atoms with Crippen LogP contribution in [0.15, 0.2) is 0 Å². The third-order valence-electron chi connectivity index (χ3n) is 3.66. The maximum absolute atomic E-state index is 12.3. The van der Waals surface area contributed by atoms with Gasteiger partial charge in [-0.2, -0.15) is 0 Å². The van der Waals surface area contributed by atoms with Crippen LogP contribution in [-0.2, 0) is 14.3 Å². The molecule has 0 aromatic carbocycles. The van der Waals surface area contributed by atoms with Gasteiger partial charge in [-0.3, -0.25) is 9.59 Å². The van der Waals surface area contributed by atoms with Crippen LogP contribution in [-0.4, -0.2) is 69.1 Å². The third kappa shape index (κ3) is 8.67. The molecular formula is C15H31N3O3. The number of carbonyl (C=O) groups is 2. The summed E-state index contributed by atoms with van der Waals surface area (Å²) < 4.78 is 5.01. The highest BCUT2D eigenvalue weighted by Crippen LogP contribution is 2.15. The largest absolute Gasteiger partial charge is 0.383 e. The molecule has 2 N–H and O–H groups in total. The van der Waals surface area contributed by atoms with E-state index in [1.54, 1.807) is 26.1 Å².